The van der Waals surface area contributed by atoms with E-state index in [9.17, 15) is 0 Å². The lowest BCUT2D eigenvalue weighted by Crippen LogP contribution is -2.22. The Bertz CT molecular complexity index is 123. The van der Waals surface area contributed by atoms with Crippen LogP contribution in [0.1, 0.15) is 53.4 Å². The number of hydrogen-bond acceptors (Lipinski definition) is 2. The van der Waals surface area contributed by atoms with Gasteiger partial charge in [0.1, 0.15) is 0 Å². The first kappa shape index (κ1) is 15.1. The average molecular weight is 232 g/mol. The Balaban J connectivity index is 3.36. The summed E-state index contributed by atoms with van der Waals surface area (Å²) in [5.74, 6) is 0.844. The first-order valence-corrected chi connectivity index (χ1v) is 8.19. The van der Waals surface area contributed by atoms with Crippen molar-refractivity contribution in [1.82, 2.24) is 0 Å². The van der Waals surface area contributed by atoms with E-state index in [1.54, 1.807) is 0 Å². The van der Waals surface area contributed by atoms with Crippen LogP contribution in [0.3, 0.4) is 0 Å². The Morgan fingerprint density at radius 2 is 1.53 bits per heavy atom. The maximum atomic E-state index is 5.63. The summed E-state index contributed by atoms with van der Waals surface area (Å²) in [6, 6.07) is 1.18. The van der Waals surface area contributed by atoms with Crippen molar-refractivity contribution in [3.63, 3.8) is 0 Å². The number of hydrogen-bond donors (Lipinski definition) is 0. The van der Waals surface area contributed by atoms with Gasteiger partial charge in [0.2, 0.25) is 0 Å². The minimum atomic E-state index is -1.30. The van der Waals surface area contributed by atoms with E-state index < -0.39 is 9.28 Å². The summed E-state index contributed by atoms with van der Waals surface area (Å²) in [7, 11) is -1.30. The monoisotopic (exact) mass is 232 g/mol. The highest BCUT2D eigenvalue weighted by molar-refractivity contribution is 6.44. The molecule has 0 saturated heterocycles. The zero-order valence-electron chi connectivity index (χ0n) is 10.9. The fraction of sp³-hybridized carbons (Fsp3) is 1.00. The smallest absolute Gasteiger partial charge is 0.321 e. The summed E-state index contributed by atoms with van der Waals surface area (Å²) in [6.45, 7) is 10.3. The van der Waals surface area contributed by atoms with Crippen LogP contribution in [0.25, 0.3) is 0 Å². The lowest BCUT2D eigenvalue weighted by Gasteiger charge is -2.14. The highest BCUT2D eigenvalue weighted by Gasteiger charge is 2.10. The molecule has 0 unspecified atom stereocenters. The summed E-state index contributed by atoms with van der Waals surface area (Å²) < 4.78 is 11.3. The van der Waals surface area contributed by atoms with Gasteiger partial charge in [-0.1, -0.05) is 39.5 Å². The molecule has 15 heavy (non-hydrogen) atoms. The van der Waals surface area contributed by atoms with E-state index in [2.05, 4.69) is 27.7 Å². The molecule has 0 aromatic rings. The van der Waals surface area contributed by atoms with E-state index in [1.165, 1.54) is 31.7 Å². The fourth-order valence-electron chi connectivity index (χ4n) is 1.63. The first-order chi connectivity index (χ1) is 7.20. The van der Waals surface area contributed by atoms with Crippen molar-refractivity contribution in [2.45, 2.75) is 59.4 Å². The molecule has 2 nitrogen and oxygen atoms in total. The molecule has 0 radical (unpaired) electrons. The van der Waals surface area contributed by atoms with Gasteiger partial charge in [-0.25, -0.2) is 0 Å². The van der Waals surface area contributed by atoms with Gasteiger partial charge in [-0.15, -0.1) is 0 Å². The quantitative estimate of drug-likeness (QED) is 0.424. The van der Waals surface area contributed by atoms with Crippen LogP contribution in [0, 0.1) is 5.92 Å². The molecule has 0 saturated carbocycles. The van der Waals surface area contributed by atoms with Gasteiger partial charge in [-0.05, 0) is 25.8 Å². The molecule has 0 N–H and O–H groups in total. The normalized spacial score (nSPS) is 11.6. The summed E-state index contributed by atoms with van der Waals surface area (Å²) >= 11 is 0. The van der Waals surface area contributed by atoms with E-state index in [4.69, 9.17) is 8.85 Å². The zero-order valence-corrected chi connectivity index (χ0v) is 12.1. The average Bonchev–Trinajstić information content (AvgIpc) is 2.17. The van der Waals surface area contributed by atoms with Crippen LogP contribution in [0.2, 0.25) is 6.04 Å². The SMILES string of the molecule is CCO[SiH](CCCCCC(C)C)OCC. The van der Waals surface area contributed by atoms with E-state index in [0.717, 1.165) is 19.1 Å². The minimum Gasteiger partial charge on any atom is -0.397 e. The molecule has 0 spiro atoms. The Labute approximate surface area is 97.2 Å². The van der Waals surface area contributed by atoms with Crippen molar-refractivity contribution in [2.75, 3.05) is 13.2 Å². The zero-order chi connectivity index (χ0) is 11.5. The minimum absolute atomic E-state index is 0.808. The molecule has 0 rings (SSSR count). The molecule has 0 heterocycles. The maximum absolute atomic E-state index is 5.63. The molecular weight excluding hydrogens is 204 g/mol. The third kappa shape index (κ3) is 10.4. The van der Waals surface area contributed by atoms with Crippen LogP contribution in [0.15, 0.2) is 0 Å². The van der Waals surface area contributed by atoms with Gasteiger partial charge < -0.3 is 8.85 Å². The van der Waals surface area contributed by atoms with Crippen molar-refractivity contribution < 1.29 is 8.85 Å². The van der Waals surface area contributed by atoms with Gasteiger partial charge in [0.25, 0.3) is 0 Å². The molecule has 0 atom stereocenters. The highest BCUT2D eigenvalue weighted by atomic mass is 28.3. The molecule has 0 bridgehead atoms. The molecule has 0 aliphatic heterocycles. The highest BCUT2D eigenvalue weighted by Crippen LogP contribution is 2.11. The van der Waals surface area contributed by atoms with Crippen LogP contribution < -0.4 is 0 Å². The Morgan fingerprint density at radius 1 is 0.933 bits per heavy atom. The van der Waals surface area contributed by atoms with E-state index in [0.29, 0.717) is 0 Å². The lowest BCUT2D eigenvalue weighted by atomic mass is 10.1. The lowest BCUT2D eigenvalue weighted by molar-refractivity contribution is 0.212. The number of unbranched alkanes of at least 4 members (excludes halogenated alkanes) is 2. The summed E-state index contributed by atoms with van der Waals surface area (Å²) in [5.41, 5.74) is 0. The van der Waals surface area contributed by atoms with Crippen LogP contribution in [0.4, 0.5) is 0 Å². The van der Waals surface area contributed by atoms with Crippen molar-refractivity contribution >= 4 is 9.28 Å². The molecule has 0 fully saturated rings. The largest absolute Gasteiger partial charge is 0.397 e. The van der Waals surface area contributed by atoms with Crippen molar-refractivity contribution in [1.29, 1.82) is 0 Å². The third-order valence-electron chi connectivity index (χ3n) is 2.43. The van der Waals surface area contributed by atoms with Crippen molar-refractivity contribution in [3.05, 3.63) is 0 Å². The van der Waals surface area contributed by atoms with Crippen LogP contribution in [-0.2, 0) is 8.85 Å². The van der Waals surface area contributed by atoms with Crippen LogP contribution in [0.5, 0.6) is 0 Å². The molecular formula is C12H28O2Si. The van der Waals surface area contributed by atoms with Gasteiger partial charge in [-0.2, -0.15) is 0 Å². The molecule has 3 heteroatoms. The van der Waals surface area contributed by atoms with Crippen LogP contribution in [-0.4, -0.2) is 22.5 Å². The van der Waals surface area contributed by atoms with Crippen LogP contribution >= 0.6 is 0 Å². The van der Waals surface area contributed by atoms with Gasteiger partial charge in [0.05, 0.1) is 0 Å². The Hall–Kier alpha value is 0.137. The fourth-order valence-corrected chi connectivity index (χ4v) is 3.42. The van der Waals surface area contributed by atoms with Gasteiger partial charge >= 0.3 is 9.28 Å². The molecule has 0 aliphatic rings. The summed E-state index contributed by atoms with van der Waals surface area (Å²) in [6.07, 6.45) is 5.33. The third-order valence-corrected chi connectivity index (χ3v) is 4.72. The standard InChI is InChI=1S/C12H28O2Si/c1-5-13-15(14-6-2)11-9-7-8-10-12(3)4/h12,15H,5-11H2,1-4H3. The summed E-state index contributed by atoms with van der Waals surface area (Å²) in [5, 5.41) is 0. The second-order valence-electron chi connectivity index (χ2n) is 4.37. The maximum Gasteiger partial charge on any atom is 0.321 e. The predicted molar refractivity (Wildman–Crippen MR) is 68.5 cm³/mol. The van der Waals surface area contributed by atoms with Gasteiger partial charge in [0.15, 0.2) is 0 Å². The molecule has 0 aliphatic carbocycles. The molecule has 92 valence electrons. The predicted octanol–water partition coefficient (Wildman–Crippen LogP) is 3.50. The number of rotatable bonds is 10. The second-order valence-corrected chi connectivity index (χ2v) is 6.48. The van der Waals surface area contributed by atoms with E-state index in [-0.39, 0.29) is 0 Å². The Kier molecular flexibility index (Phi) is 10.7. The Morgan fingerprint density at radius 3 is 2.00 bits per heavy atom. The second kappa shape index (κ2) is 10.6. The van der Waals surface area contributed by atoms with Gasteiger partial charge in [-0.3, -0.25) is 0 Å². The first-order valence-electron chi connectivity index (χ1n) is 6.43. The molecule has 0 aromatic carbocycles. The van der Waals surface area contributed by atoms with E-state index >= 15 is 0 Å². The van der Waals surface area contributed by atoms with Crippen molar-refractivity contribution in [3.8, 4) is 0 Å². The van der Waals surface area contributed by atoms with E-state index in [1.807, 2.05) is 0 Å². The topological polar surface area (TPSA) is 18.5 Å². The van der Waals surface area contributed by atoms with Gasteiger partial charge in [0, 0.05) is 13.2 Å². The molecule has 0 amide bonds. The van der Waals surface area contributed by atoms with Crippen molar-refractivity contribution in [2.24, 2.45) is 5.92 Å². The molecule has 0 aromatic heterocycles. The summed E-state index contributed by atoms with van der Waals surface area (Å²) in [4.78, 5) is 0.